The molecule has 9 heteroatoms. The van der Waals surface area contributed by atoms with Crippen LogP contribution in [-0.4, -0.2) is 34.8 Å². The Hall–Kier alpha value is -3.07. The highest BCUT2D eigenvalue weighted by molar-refractivity contribution is 8.00. The largest absolute Gasteiger partial charge is 0.444 e. The summed E-state index contributed by atoms with van der Waals surface area (Å²) in [4.78, 5) is 34.9. The number of amides is 2. The van der Waals surface area contributed by atoms with Crippen LogP contribution in [0.2, 0.25) is 0 Å². The van der Waals surface area contributed by atoms with E-state index in [0.717, 1.165) is 10.5 Å². The SMILES string of the molecule is CC(C)(C)OC(=O)Nc1ccc(SCC(=O)NCCc2ccc([N+](=O)[O-])cc2)cc1. The maximum absolute atomic E-state index is 12.0. The van der Waals surface area contributed by atoms with E-state index in [1.165, 1.54) is 23.9 Å². The van der Waals surface area contributed by atoms with Gasteiger partial charge >= 0.3 is 6.09 Å². The summed E-state index contributed by atoms with van der Waals surface area (Å²) in [6, 6.07) is 13.4. The van der Waals surface area contributed by atoms with E-state index in [0.29, 0.717) is 18.7 Å². The minimum Gasteiger partial charge on any atom is -0.444 e. The fourth-order valence-electron chi connectivity index (χ4n) is 2.39. The van der Waals surface area contributed by atoms with Gasteiger partial charge in [-0.15, -0.1) is 11.8 Å². The third kappa shape index (κ3) is 8.52. The lowest BCUT2D eigenvalue weighted by Gasteiger charge is -2.19. The Morgan fingerprint density at radius 2 is 1.70 bits per heavy atom. The third-order valence-corrected chi connectivity index (χ3v) is 4.76. The molecule has 8 nitrogen and oxygen atoms in total. The Labute approximate surface area is 179 Å². The highest BCUT2D eigenvalue weighted by Gasteiger charge is 2.16. The molecule has 0 aromatic heterocycles. The molecule has 30 heavy (non-hydrogen) atoms. The van der Waals surface area contributed by atoms with Crippen LogP contribution in [0.5, 0.6) is 0 Å². The predicted molar refractivity (Wildman–Crippen MR) is 117 cm³/mol. The summed E-state index contributed by atoms with van der Waals surface area (Å²) in [5.74, 6) is 0.164. The van der Waals surface area contributed by atoms with Gasteiger partial charge in [-0.05, 0) is 57.0 Å². The number of nitrogens with one attached hydrogen (secondary N) is 2. The number of nitrogens with zero attached hydrogens (tertiary/aromatic N) is 1. The molecule has 0 bridgehead atoms. The molecule has 0 radical (unpaired) electrons. The number of rotatable bonds is 8. The average molecular weight is 432 g/mol. The number of carbonyl (C=O) groups is 2. The van der Waals surface area contributed by atoms with Crippen molar-refractivity contribution in [3.63, 3.8) is 0 Å². The van der Waals surface area contributed by atoms with Gasteiger partial charge in [0.2, 0.25) is 5.91 Å². The van der Waals surface area contributed by atoms with Gasteiger partial charge in [0.15, 0.2) is 0 Å². The molecule has 0 aliphatic carbocycles. The molecule has 2 rings (SSSR count). The van der Waals surface area contributed by atoms with E-state index < -0.39 is 16.6 Å². The van der Waals surface area contributed by atoms with Crippen LogP contribution < -0.4 is 10.6 Å². The first kappa shape index (κ1) is 23.2. The fourth-order valence-corrected chi connectivity index (χ4v) is 3.11. The molecule has 2 amide bonds. The molecule has 0 saturated heterocycles. The summed E-state index contributed by atoms with van der Waals surface area (Å²) in [6.07, 6.45) is 0.0784. The van der Waals surface area contributed by atoms with Crippen molar-refractivity contribution in [2.75, 3.05) is 17.6 Å². The number of hydrogen-bond acceptors (Lipinski definition) is 6. The van der Waals surface area contributed by atoms with E-state index >= 15 is 0 Å². The molecular weight excluding hydrogens is 406 g/mol. The predicted octanol–water partition coefficient (Wildman–Crippen LogP) is 4.39. The number of hydrogen-bond donors (Lipinski definition) is 2. The Kier molecular flexibility index (Phi) is 8.23. The Morgan fingerprint density at radius 1 is 1.07 bits per heavy atom. The van der Waals surface area contributed by atoms with E-state index in [9.17, 15) is 19.7 Å². The van der Waals surface area contributed by atoms with Crippen molar-refractivity contribution in [3.05, 3.63) is 64.2 Å². The van der Waals surface area contributed by atoms with E-state index in [1.54, 1.807) is 45.0 Å². The van der Waals surface area contributed by atoms with Crippen molar-refractivity contribution in [1.29, 1.82) is 0 Å². The van der Waals surface area contributed by atoms with Crippen LogP contribution in [0.1, 0.15) is 26.3 Å². The van der Waals surface area contributed by atoms with E-state index in [1.807, 2.05) is 12.1 Å². The number of nitro benzene ring substituents is 1. The molecule has 0 spiro atoms. The number of anilines is 1. The lowest BCUT2D eigenvalue weighted by Crippen LogP contribution is -2.27. The van der Waals surface area contributed by atoms with Gasteiger partial charge < -0.3 is 10.1 Å². The molecule has 0 aliphatic heterocycles. The first-order valence-electron chi connectivity index (χ1n) is 9.35. The molecule has 2 aromatic carbocycles. The van der Waals surface area contributed by atoms with Crippen molar-refractivity contribution < 1.29 is 19.2 Å². The molecule has 160 valence electrons. The van der Waals surface area contributed by atoms with Gasteiger partial charge in [0.05, 0.1) is 10.7 Å². The highest BCUT2D eigenvalue weighted by atomic mass is 32.2. The summed E-state index contributed by atoms with van der Waals surface area (Å²) in [7, 11) is 0. The number of non-ortho nitro benzene ring substituents is 1. The second-order valence-electron chi connectivity index (χ2n) is 7.46. The molecule has 2 aromatic rings. The minimum atomic E-state index is -0.564. The monoisotopic (exact) mass is 431 g/mol. The molecule has 0 unspecified atom stereocenters. The Bertz CT molecular complexity index is 877. The number of thioether (sulfide) groups is 1. The number of ether oxygens (including phenoxy) is 1. The van der Waals surface area contributed by atoms with Gasteiger partial charge in [0, 0.05) is 29.3 Å². The van der Waals surface area contributed by atoms with Crippen LogP contribution in [0.15, 0.2) is 53.4 Å². The second kappa shape index (κ2) is 10.6. The molecule has 0 heterocycles. The summed E-state index contributed by atoms with van der Waals surface area (Å²) < 4.78 is 5.20. The second-order valence-corrected chi connectivity index (χ2v) is 8.51. The molecule has 2 N–H and O–H groups in total. The Morgan fingerprint density at radius 3 is 2.27 bits per heavy atom. The van der Waals surface area contributed by atoms with Gasteiger partial charge in [0.25, 0.3) is 5.69 Å². The first-order valence-corrected chi connectivity index (χ1v) is 10.3. The topological polar surface area (TPSA) is 111 Å². The molecule has 0 aliphatic rings. The molecule has 0 fully saturated rings. The van der Waals surface area contributed by atoms with Crippen molar-refractivity contribution >= 4 is 35.1 Å². The lowest BCUT2D eigenvalue weighted by atomic mass is 10.1. The average Bonchev–Trinajstić information content (AvgIpc) is 2.66. The van der Waals surface area contributed by atoms with Crippen LogP contribution in [-0.2, 0) is 16.0 Å². The van der Waals surface area contributed by atoms with Crippen molar-refractivity contribution in [2.24, 2.45) is 0 Å². The van der Waals surface area contributed by atoms with Crippen molar-refractivity contribution in [3.8, 4) is 0 Å². The standard InChI is InChI=1S/C21H25N3O5S/c1-21(2,3)29-20(26)23-16-6-10-18(11-7-16)30-14-19(25)22-13-12-15-4-8-17(9-5-15)24(27)28/h4-11H,12-14H2,1-3H3,(H,22,25)(H,23,26). The third-order valence-electron chi connectivity index (χ3n) is 3.75. The summed E-state index contributed by atoms with van der Waals surface area (Å²) >= 11 is 1.39. The number of nitro groups is 1. The van der Waals surface area contributed by atoms with Gasteiger partial charge in [0.1, 0.15) is 5.60 Å². The summed E-state index contributed by atoms with van der Waals surface area (Å²) in [6.45, 7) is 5.84. The van der Waals surface area contributed by atoms with Gasteiger partial charge in [-0.3, -0.25) is 20.2 Å². The van der Waals surface area contributed by atoms with Crippen LogP contribution in [0, 0.1) is 10.1 Å². The summed E-state index contributed by atoms with van der Waals surface area (Å²) in [5.41, 5.74) is 1.01. The molecule has 0 saturated carbocycles. The normalized spacial score (nSPS) is 10.9. The zero-order chi connectivity index (χ0) is 22.1. The van der Waals surface area contributed by atoms with Crippen LogP contribution in [0.3, 0.4) is 0 Å². The minimum absolute atomic E-state index is 0.0477. The lowest BCUT2D eigenvalue weighted by molar-refractivity contribution is -0.384. The molecular formula is C21H25N3O5S. The quantitative estimate of drug-likeness (QED) is 0.364. The van der Waals surface area contributed by atoms with E-state index in [2.05, 4.69) is 10.6 Å². The molecule has 0 atom stereocenters. The van der Waals surface area contributed by atoms with Crippen LogP contribution in [0.25, 0.3) is 0 Å². The van der Waals surface area contributed by atoms with Gasteiger partial charge in [-0.25, -0.2) is 4.79 Å². The Balaban J connectivity index is 1.70. The van der Waals surface area contributed by atoms with Crippen molar-refractivity contribution in [2.45, 2.75) is 37.7 Å². The van der Waals surface area contributed by atoms with Crippen LogP contribution in [0.4, 0.5) is 16.2 Å². The van der Waals surface area contributed by atoms with Gasteiger partial charge in [-0.2, -0.15) is 0 Å². The first-order chi connectivity index (χ1) is 14.1. The zero-order valence-corrected chi connectivity index (χ0v) is 18.0. The smallest absolute Gasteiger partial charge is 0.412 e. The summed E-state index contributed by atoms with van der Waals surface area (Å²) in [5, 5.41) is 16.1. The zero-order valence-electron chi connectivity index (χ0n) is 17.1. The fraction of sp³-hybridized carbons (Fsp3) is 0.333. The van der Waals surface area contributed by atoms with Crippen LogP contribution >= 0.6 is 11.8 Å². The van der Waals surface area contributed by atoms with E-state index in [4.69, 9.17) is 4.74 Å². The van der Waals surface area contributed by atoms with Gasteiger partial charge in [-0.1, -0.05) is 12.1 Å². The number of benzene rings is 2. The highest BCUT2D eigenvalue weighted by Crippen LogP contribution is 2.20. The number of carbonyl (C=O) groups excluding carboxylic acids is 2. The van der Waals surface area contributed by atoms with E-state index in [-0.39, 0.29) is 17.3 Å². The maximum atomic E-state index is 12.0. The van der Waals surface area contributed by atoms with Crippen molar-refractivity contribution in [1.82, 2.24) is 5.32 Å². The maximum Gasteiger partial charge on any atom is 0.412 e.